The van der Waals surface area contributed by atoms with Crippen LogP contribution in [0.4, 0.5) is 0 Å². The van der Waals surface area contributed by atoms with Crippen molar-refractivity contribution < 1.29 is 4.79 Å². The van der Waals surface area contributed by atoms with E-state index in [1.807, 2.05) is 20.8 Å². The van der Waals surface area contributed by atoms with E-state index in [0.29, 0.717) is 6.54 Å². The summed E-state index contributed by atoms with van der Waals surface area (Å²) in [5.74, 6) is 0.751. The van der Waals surface area contributed by atoms with Crippen molar-refractivity contribution in [2.75, 3.05) is 6.54 Å². The van der Waals surface area contributed by atoms with E-state index in [9.17, 15) is 4.79 Å². The molecule has 0 unspecified atom stereocenters. The average molecular weight is 263 g/mol. The van der Waals surface area contributed by atoms with Gasteiger partial charge < -0.3 is 5.32 Å². The molecule has 96 valence electrons. The Morgan fingerprint density at radius 2 is 2.00 bits per heavy atom. The van der Waals surface area contributed by atoms with Gasteiger partial charge in [-0.15, -0.1) is 11.3 Å². The zero-order valence-corrected chi connectivity index (χ0v) is 11.9. The SMILES string of the molecule is CCNC(=O)c1sc2nc(C)nc(CC)c2c1C. The van der Waals surface area contributed by atoms with Crippen LogP contribution in [0.15, 0.2) is 0 Å². The summed E-state index contributed by atoms with van der Waals surface area (Å²) in [6.07, 6.45) is 0.853. The van der Waals surface area contributed by atoms with Gasteiger partial charge in [-0.1, -0.05) is 6.92 Å². The molecule has 2 heterocycles. The maximum atomic E-state index is 12.0. The van der Waals surface area contributed by atoms with Crippen molar-refractivity contribution >= 4 is 27.5 Å². The molecule has 4 nitrogen and oxygen atoms in total. The lowest BCUT2D eigenvalue weighted by atomic mass is 10.1. The summed E-state index contributed by atoms with van der Waals surface area (Å²) >= 11 is 1.45. The predicted octanol–water partition coefficient (Wildman–Crippen LogP) is 2.62. The topological polar surface area (TPSA) is 54.9 Å². The highest BCUT2D eigenvalue weighted by Crippen LogP contribution is 2.31. The van der Waals surface area contributed by atoms with Gasteiger partial charge in [-0.2, -0.15) is 0 Å². The average Bonchev–Trinajstić information content (AvgIpc) is 2.66. The Bertz CT molecular complexity index is 604. The second kappa shape index (κ2) is 5.02. The van der Waals surface area contributed by atoms with Crippen molar-refractivity contribution in [3.05, 3.63) is 22.0 Å². The van der Waals surface area contributed by atoms with Crippen LogP contribution in [0.5, 0.6) is 0 Å². The van der Waals surface area contributed by atoms with Gasteiger partial charge in [0.05, 0.1) is 10.6 Å². The van der Waals surface area contributed by atoms with E-state index in [-0.39, 0.29) is 5.91 Å². The van der Waals surface area contributed by atoms with E-state index in [4.69, 9.17) is 0 Å². The molecule has 0 aliphatic rings. The first-order valence-electron chi connectivity index (χ1n) is 6.13. The summed E-state index contributed by atoms with van der Waals surface area (Å²) in [6.45, 7) is 8.49. The second-order valence-electron chi connectivity index (χ2n) is 4.17. The molecule has 0 fully saturated rings. The van der Waals surface area contributed by atoms with Crippen molar-refractivity contribution in [3.63, 3.8) is 0 Å². The predicted molar refractivity (Wildman–Crippen MR) is 74.3 cm³/mol. The minimum atomic E-state index is -0.0160. The van der Waals surface area contributed by atoms with Crippen LogP contribution in [0.2, 0.25) is 0 Å². The third kappa shape index (κ3) is 2.10. The molecule has 1 N–H and O–H groups in total. The number of carbonyl (C=O) groups is 1. The third-order valence-corrected chi connectivity index (χ3v) is 4.04. The number of hydrogen-bond donors (Lipinski definition) is 1. The fourth-order valence-electron chi connectivity index (χ4n) is 2.05. The maximum Gasteiger partial charge on any atom is 0.261 e. The molecule has 0 aliphatic carbocycles. The van der Waals surface area contributed by atoms with Gasteiger partial charge in [0.25, 0.3) is 5.91 Å². The van der Waals surface area contributed by atoms with Crippen molar-refractivity contribution in [1.82, 2.24) is 15.3 Å². The lowest BCUT2D eigenvalue weighted by molar-refractivity contribution is 0.0959. The third-order valence-electron chi connectivity index (χ3n) is 2.86. The van der Waals surface area contributed by atoms with Gasteiger partial charge in [0.15, 0.2) is 0 Å². The summed E-state index contributed by atoms with van der Waals surface area (Å²) in [5, 5.41) is 3.89. The molecule has 0 saturated carbocycles. The van der Waals surface area contributed by atoms with E-state index >= 15 is 0 Å². The number of nitrogens with zero attached hydrogens (tertiary/aromatic N) is 2. The molecule has 0 bridgehead atoms. The van der Waals surface area contributed by atoms with Crippen LogP contribution in [-0.2, 0) is 6.42 Å². The summed E-state index contributed by atoms with van der Waals surface area (Å²) < 4.78 is 0. The van der Waals surface area contributed by atoms with Gasteiger partial charge >= 0.3 is 0 Å². The minimum absolute atomic E-state index is 0.0160. The summed E-state index contributed by atoms with van der Waals surface area (Å²) in [4.78, 5) is 22.5. The van der Waals surface area contributed by atoms with Crippen LogP contribution in [-0.4, -0.2) is 22.4 Å². The Balaban J connectivity index is 2.66. The zero-order chi connectivity index (χ0) is 13.3. The van der Waals surface area contributed by atoms with Crippen LogP contribution < -0.4 is 5.32 Å². The van der Waals surface area contributed by atoms with Crippen LogP contribution in [0, 0.1) is 13.8 Å². The molecule has 0 aromatic carbocycles. The van der Waals surface area contributed by atoms with Crippen LogP contribution >= 0.6 is 11.3 Å². The first kappa shape index (κ1) is 13.0. The first-order chi connectivity index (χ1) is 8.58. The van der Waals surface area contributed by atoms with Gasteiger partial charge in [0.2, 0.25) is 0 Å². The molecular formula is C13H17N3OS. The molecule has 5 heteroatoms. The molecule has 2 aromatic rings. The van der Waals surface area contributed by atoms with Crippen molar-refractivity contribution in [3.8, 4) is 0 Å². The normalized spacial score (nSPS) is 10.9. The number of fused-ring (bicyclic) bond motifs is 1. The molecule has 0 radical (unpaired) electrons. The largest absolute Gasteiger partial charge is 0.352 e. The molecule has 0 saturated heterocycles. The standard InChI is InChI=1S/C13H17N3OS/c1-5-9-10-7(3)11(12(17)14-6-2)18-13(10)16-8(4)15-9/h5-6H2,1-4H3,(H,14,17). The molecule has 0 aliphatic heterocycles. The van der Waals surface area contributed by atoms with E-state index in [1.165, 1.54) is 11.3 Å². The maximum absolute atomic E-state index is 12.0. The van der Waals surface area contributed by atoms with Gasteiger partial charge in [0.1, 0.15) is 10.7 Å². The monoisotopic (exact) mass is 263 g/mol. The van der Waals surface area contributed by atoms with Gasteiger partial charge in [-0.3, -0.25) is 4.79 Å². The zero-order valence-electron chi connectivity index (χ0n) is 11.1. The first-order valence-corrected chi connectivity index (χ1v) is 6.94. The van der Waals surface area contributed by atoms with Crippen molar-refractivity contribution in [2.45, 2.75) is 34.1 Å². The lowest BCUT2D eigenvalue weighted by Crippen LogP contribution is -2.22. The number of amides is 1. The number of carbonyl (C=O) groups excluding carboxylic acids is 1. The number of aromatic nitrogens is 2. The molecule has 2 rings (SSSR count). The Morgan fingerprint density at radius 1 is 1.28 bits per heavy atom. The van der Waals surface area contributed by atoms with Crippen LogP contribution in [0.3, 0.4) is 0 Å². The number of hydrogen-bond acceptors (Lipinski definition) is 4. The number of aryl methyl sites for hydroxylation is 3. The quantitative estimate of drug-likeness (QED) is 0.926. The van der Waals surface area contributed by atoms with Crippen LogP contribution in [0.25, 0.3) is 10.2 Å². The molecule has 1 amide bonds. The van der Waals surface area contributed by atoms with Gasteiger partial charge in [0, 0.05) is 11.9 Å². The highest BCUT2D eigenvalue weighted by molar-refractivity contribution is 7.20. The summed E-state index contributed by atoms with van der Waals surface area (Å²) in [7, 11) is 0. The highest BCUT2D eigenvalue weighted by atomic mass is 32.1. The van der Waals surface area contributed by atoms with Crippen molar-refractivity contribution in [2.24, 2.45) is 0 Å². The molecular weight excluding hydrogens is 246 g/mol. The second-order valence-corrected chi connectivity index (χ2v) is 5.17. The van der Waals surface area contributed by atoms with E-state index in [0.717, 1.165) is 38.6 Å². The fraction of sp³-hybridized carbons (Fsp3) is 0.462. The lowest BCUT2D eigenvalue weighted by Gasteiger charge is -2.02. The number of nitrogens with one attached hydrogen (secondary N) is 1. The Hall–Kier alpha value is -1.49. The Labute approximate surface area is 110 Å². The van der Waals surface area contributed by atoms with Crippen LogP contribution in [0.1, 0.15) is 40.6 Å². The van der Waals surface area contributed by atoms with E-state index in [2.05, 4.69) is 22.2 Å². The highest BCUT2D eigenvalue weighted by Gasteiger charge is 2.18. The molecule has 2 aromatic heterocycles. The Kier molecular flexibility index (Phi) is 3.61. The smallest absolute Gasteiger partial charge is 0.261 e. The van der Waals surface area contributed by atoms with Gasteiger partial charge in [-0.25, -0.2) is 9.97 Å². The molecule has 0 atom stereocenters. The summed E-state index contributed by atoms with van der Waals surface area (Å²) in [5.41, 5.74) is 2.03. The summed E-state index contributed by atoms with van der Waals surface area (Å²) in [6, 6.07) is 0. The van der Waals surface area contributed by atoms with E-state index in [1.54, 1.807) is 0 Å². The fourth-order valence-corrected chi connectivity index (χ4v) is 3.22. The molecule has 18 heavy (non-hydrogen) atoms. The number of thiophene rings is 1. The molecule has 0 spiro atoms. The number of rotatable bonds is 3. The van der Waals surface area contributed by atoms with E-state index < -0.39 is 0 Å². The Morgan fingerprint density at radius 3 is 2.61 bits per heavy atom. The van der Waals surface area contributed by atoms with Crippen molar-refractivity contribution in [1.29, 1.82) is 0 Å². The van der Waals surface area contributed by atoms with Gasteiger partial charge in [-0.05, 0) is 32.8 Å². The minimum Gasteiger partial charge on any atom is -0.352 e.